The van der Waals surface area contributed by atoms with Crippen molar-refractivity contribution in [2.75, 3.05) is 6.54 Å². The van der Waals surface area contributed by atoms with E-state index in [1.54, 1.807) is 20.0 Å². The van der Waals surface area contributed by atoms with Crippen LogP contribution in [0.4, 0.5) is 0 Å². The summed E-state index contributed by atoms with van der Waals surface area (Å²) in [6.07, 6.45) is 2.61. The molecule has 1 aromatic carbocycles. The summed E-state index contributed by atoms with van der Waals surface area (Å²) in [5.74, 6) is -4.77. The lowest BCUT2D eigenvalue weighted by Crippen LogP contribution is -2.58. The maximum absolute atomic E-state index is 13.4. The summed E-state index contributed by atoms with van der Waals surface area (Å²) in [6.45, 7) is 3.68. The molecule has 0 spiro atoms. The molecule has 0 aliphatic rings. The molecule has 40 heavy (non-hydrogen) atoms. The number of nitrogens with two attached hydrogens (primary N) is 2. The van der Waals surface area contributed by atoms with Gasteiger partial charge in [-0.25, -0.2) is 4.79 Å². The highest BCUT2D eigenvalue weighted by Crippen LogP contribution is 2.19. The Labute approximate surface area is 232 Å². The number of carbonyl (C=O) groups excluding carboxylic acids is 3. The number of aliphatic carboxylic acids is 2. The number of carboxylic acids is 2. The molecule has 0 bridgehead atoms. The number of carbonyl (C=O) groups is 5. The van der Waals surface area contributed by atoms with Crippen molar-refractivity contribution in [3.8, 4) is 0 Å². The molecule has 0 saturated carbocycles. The summed E-state index contributed by atoms with van der Waals surface area (Å²) >= 11 is 0. The van der Waals surface area contributed by atoms with Crippen molar-refractivity contribution >= 4 is 40.6 Å². The van der Waals surface area contributed by atoms with Crippen LogP contribution in [0.3, 0.4) is 0 Å². The number of benzene rings is 1. The standard InChI is InChI=1S/C27H40N6O7/c1-15(2)23(27(39)40)33-26(38)21(13-16-14-30-19-8-4-3-7-17(16)19)32-25(37)20(9-5-6-12-28)31-24(36)18(29)10-11-22(34)35/h3-4,7-8,14-15,18,20-21,23,30H,5-6,9-13,28-29H2,1-2H3,(H,31,36)(H,32,37)(H,33,38)(H,34,35)(H,39,40). The molecule has 0 radical (unpaired) electrons. The van der Waals surface area contributed by atoms with Crippen LogP contribution in [0.15, 0.2) is 30.5 Å². The van der Waals surface area contributed by atoms with E-state index in [1.165, 1.54) is 0 Å². The Morgan fingerprint density at radius 1 is 0.900 bits per heavy atom. The Morgan fingerprint density at radius 3 is 2.17 bits per heavy atom. The van der Waals surface area contributed by atoms with Gasteiger partial charge in [0, 0.05) is 29.9 Å². The smallest absolute Gasteiger partial charge is 0.326 e. The average molecular weight is 561 g/mol. The normalized spacial score (nSPS) is 14.2. The number of nitrogens with one attached hydrogen (secondary N) is 4. The van der Waals surface area contributed by atoms with Crippen molar-refractivity contribution in [3.05, 3.63) is 36.0 Å². The van der Waals surface area contributed by atoms with Gasteiger partial charge >= 0.3 is 11.9 Å². The molecule has 3 amide bonds. The number of rotatable bonds is 17. The molecule has 4 unspecified atom stereocenters. The van der Waals surface area contributed by atoms with Gasteiger partial charge in [-0.3, -0.25) is 19.2 Å². The lowest BCUT2D eigenvalue weighted by molar-refractivity contribution is -0.143. The number of para-hydroxylation sites is 1. The maximum Gasteiger partial charge on any atom is 0.326 e. The molecule has 13 nitrogen and oxygen atoms in total. The number of carboxylic acid groups (broad SMARTS) is 2. The summed E-state index contributed by atoms with van der Waals surface area (Å²) in [5.41, 5.74) is 13.0. The Bertz CT molecular complexity index is 1180. The van der Waals surface area contributed by atoms with Crippen LogP contribution in [0.2, 0.25) is 0 Å². The van der Waals surface area contributed by atoms with Gasteiger partial charge in [0.05, 0.1) is 6.04 Å². The first-order chi connectivity index (χ1) is 18.9. The van der Waals surface area contributed by atoms with Gasteiger partial charge in [0.1, 0.15) is 18.1 Å². The van der Waals surface area contributed by atoms with Gasteiger partial charge in [0.25, 0.3) is 0 Å². The minimum atomic E-state index is -1.21. The number of hydrogen-bond acceptors (Lipinski definition) is 7. The van der Waals surface area contributed by atoms with E-state index in [0.29, 0.717) is 19.4 Å². The van der Waals surface area contributed by atoms with Crippen molar-refractivity contribution in [1.29, 1.82) is 0 Å². The van der Waals surface area contributed by atoms with Gasteiger partial charge in [0.2, 0.25) is 17.7 Å². The van der Waals surface area contributed by atoms with E-state index >= 15 is 0 Å². The zero-order valence-corrected chi connectivity index (χ0v) is 22.8. The largest absolute Gasteiger partial charge is 0.481 e. The molecular weight excluding hydrogens is 520 g/mol. The number of H-pyrrole nitrogens is 1. The van der Waals surface area contributed by atoms with Gasteiger partial charge in [-0.05, 0) is 49.8 Å². The van der Waals surface area contributed by atoms with Crippen LogP contribution in [-0.4, -0.2) is 75.6 Å². The summed E-state index contributed by atoms with van der Waals surface area (Å²) < 4.78 is 0. The average Bonchev–Trinajstić information content (AvgIpc) is 3.31. The van der Waals surface area contributed by atoms with Crippen LogP contribution < -0.4 is 27.4 Å². The highest BCUT2D eigenvalue weighted by Gasteiger charge is 2.32. The monoisotopic (exact) mass is 560 g/mol. The Morgan fingerprint density at radius 2 is 1.55 bits per heavy atom. The topological polar surface area (TPSA) is 230 Å². The molecular formula is C27H40N6O7. The van der Waals surface area contributed by atoms with Gasteiger partial charge in [-0.1, -0.05) is 32.0 Å². The van der Waals surface area contributed by atoms with E-state index in [1.807, 2.05) is 24.3 Å². The first-order valence-corrected chi connectivity index (χ1v) is 13.3. The van der Waals surface area contributed by atoms with Crippen molar-refractivity contribution in [2.24, 2.45) is 17.4 Å². The highest BCUT2D eigenvalue weighted by atomic mass is 16.4. The second kappa shape index (κ2) is 15.6. The Balaban J connectivity index is 2.29. The number of fused-ring (bicyclic) bond motifs is 1. The maximum atomic E-state index is 13.4. The van der Waals surface area contributed by atoms with Crippen LogP contribution in [0, 0.1) is 5.92 Å². The van der Waals surface area contributed by atoms with E-state index < -0.39 is 59.7 Å². The van der Waals surface area contributed by atoms with Crippen molar-refractivity contribution in [1.82, 2.24) is 20.9 Å². The fraction of sp³-hybridized carbons (Fsp3) is 0.519. The summed E-state index contributed by atoms with van der Waals surface area (Å²) in [6, 6.07) is 2.85. The molecule has 10 N–H and O–H groups in total. The molecule has 1 aromatic heterocycles. The molecule has 0 fully saturated rings. The zero-order chi connectivity index (χ0) is 29.8. The van der Waals surface area contributed by atoms with E-state index in [-0.39, 0.29) is 25.7 Å². The van der Waals surface area contributed by atoms with Crippen LogP contribution in [0.5, 0.6) is 0 Å². The fourth-order valence-electron chi connectivity index (χ4n) is 4.22. The first-order valence-electron chi connectivity index (χ1n) is 13.3. The van der Waals surface area contributed by atoms with E-state index in [2.05, 4.69) is 20.9 Å². The minimum absolute atomic E-state index is 0.0492. The molecule has 0 aliphatic carbocycles. The summed E-state index contributed by atoms with van der Waals surface area (Å²) in [7, 11) is 0. The van der Waals surface area contributed by atoms with Gasteiger partial charge < -0.3 is 42.6 Å². The molecule has 0 saturated heterocycles. The molecule has 0 aliphatic heterocycles. The summed E-state index contributed by atoms with van der Waals surface area (Å²) in [5, 5.41) is 27.1. The van der Waals surface area contributed by atoms with Gasteiger partial charge in [-0.15, -0.1) is 0 Å². The highest BCUT2D eigenvalue weighted by molar-refractivity contribution is 5.95. The van der Waals surface area contributed by atoms with Crippen LogP contribution in [0.25, 0.3) is 10.9 Å². The molecule has 1 heterocycles. The van der Waals surface area contributed by atoms with Crippen molar-refractivity contribution in [3.63, 3.8) is 0 Å². The van der Waals surface area contributed by atoms with Crippen LogP contribution >= 0.6 is 0 Å². The van der Waals surface area contributed by atoms with Crippen LogP contribution in [-0.2, 0) is 30.4 Å². The number of aromatic amines is 1. The number of hydrogen-bond donors (Lipinski definition) is 8. The Kier molecular flexibility index (Phi) is 12.6. The third-order valence-corrected chi connectivity index (χ3v) is 6.55. The molecule has 220 valence electrons. The predicted molar refractivity (Wildman–Crippen MR) is 148 cm³/mol. The molecule has 13 heteroatoms. The van der Waals surface area contributed by atoms with Crippen LogP contribution in [0.1, 0.15) is 51.5 Å². The SMILES string of the molecule is CC(C)C(NC(=O)C(Cc1c[nH]c2ccccc12)NC(=O)C(CCCCN)NC(=O)C(N)CCC(=O)O)C(=O)O. The molecule has 2 aromatic rings. The quantitative estimate of drug-likeness (QED) is 0.124. The molecule has 4 atom stereocenters. The third-order valence-electron chi connectivity index (χ3n) is 6.55. The predicted octanol–water partition coefficient (Wildman–Crippen LogP) is 0.227. The second-order valence-corrected chi connectivity index (χ2v) is 10.1. The molecule has 2 rings (SSSR count). The fourth-order valence-corrected chi connectivity index (χ4v) is 4.22. The summed E-state index contributed by atoms with van der Waals surface area (Å²) in [4.78, 5) is 65.1. The Hall–Kier alpha value is -3.97. The van der Waals surface area contributed by atoms with Gasteiger partial charge in [0.15, 0.2) is 0 Å². The number of amides is 3. The van der Waals surface area contributed by atoms with Gasteiger partial charge in [-0.2, -0.15) is 0 Å². The van der Waals surface area contributed by atoms with E-state index in [0.717, 1.165) is 16.5 Å². The zero-order valence-electron chi connectivity index (χ0n) is 22.8. The first kappa shape index (κ1) is 32.2. The lowest BCUT2D eigenvalue weighted by Gasteiger charge is -2.26. The van der Waals surface area contributed by atoms with E-state index in [4.69, 9.17) is 16.6 Å². The second-order valence-electron chi connectivity index (χ2n) is 10.1. The van der Waals surface area contributed by atoms with Crippen molar-refractivity contribution in [2.45, 2.75) is 76.5 Å². The minimum Gasteiger partial charge on any atom is -0.481 e. The van der Waals surface area contributed by atoms with Crippen molar-refractivity contribution < 1.29 is 34.2 Å². The number of unbranched alkanes of at least 4 members (excludes halogenated alkanes) is 1. The number of aromatic nitrogens is 1. The third kappa shape index (κ3) is 9.65. The lowest BCUT2D eigenvalue weighted by atomic mass is 10.0. The van der Waals surface area contributed by atoms with E-state index in [9.17, 15) is 29.1 Å².